The van der Waals surface area contributed by atoms with Crippen LogP contribution in [0.15, 0.2) is 12.1 Å². The highest BCUT2D eigenvalue weighted by Gasteiger charge is 2.17. The van der Waals surface area contributed by atoms with Crippen LogP contribution in [0.3, 0.4) is 0 Å². The lowest BCUT2D eigenvalue weighted by atomic mass is 10.0. The van der Waals surface area contributed by atoms with Crippen LogP contribution in [0.1, 0.15) is 12.0 Å². The summed E-state index contributed by atoms with van der Waals surface area (Å²) >= 11 is 0. The minimum Gasteiger partial charge on any atom is -0.506 e. The van der Waals surface area contributed by atoms with E-state index < -0.39 is 0 Å². The SMILES string of the molecule is Nc1cc(O)c2c(c1)CCC(=O)N2. The number of amides is 1. The van der Waals surface area contributed by atoms with E-state index in [0.29, 0.717) is 24.2 Å². The number of carbonyl (C=O) groups excluding carboxylic acids is 1. The minimum atomic E-state index is -0.0624. The molecule has 0 aromatic heterocycles. The molecule has 1 aliphatic rings. The monoisotopic (exact) mass is 178 g/mol. The molecule has 0 bridgehead atoms. The van der Waals surface area contributed by atoms with Gasteiger partial charge in [0.25, 0.3) is 0 Å². The Morgan fingerprint density at radius 2 is 2.15 bits per heavy atom. The van der Waals surface area contributed by atoms with Crippen LogP contribution < -0.4 is 11.1 Å². The number of nitrogens with two attached hydrogens (primary N) is 1. The van der Waals surface area contributed by atoms with Gasteiger partial charge >= 0.3 is 0 Å². The third-order valence-corrected chi connectivity index (χ3v) is 2.11. The molecule has 0 fully saturated rings. The molecule has 1 aromatic rings. The van der Waals surface area contributed by atoms with Crippen molar-refractivity contribution in [2.75, 3.05) is 11.1 Å². The summed E-state index contributed by atoms with van der Waals surface area (Å²) in [6.45, 7) is 0. The fourth-order valence-corrected chi connectivity index (χ4v) is 1.50. The highest BCUT2D eigenvalue weighted by molar-refractivity contribution is 5.96. The molecular formula is C9H10N2O2. The number of nitrogens with one attached hydrogen (secondary N) is 1. The Labute approximate surface area is 75.4 Å². The van der Waals surface area contributed by atoms with Crippen molar-refractivity contribution in [3.05, 3.63) is 17.7 Å². The first-order valence-corrected chi connectivity index (χ1v) is 4.08. The van der Waals surface area contributed by atoms with Gasteiger partial charge in [-0.1, -0.05) is 0 Å². The largest absolute Gasteiger partial charge is 0.506 e. The van der Waals surface area contributed by atoms with E-state index in [0.717, 1.165) is 5.56 Å². The summed E-state index contributed by atoms with van der Waals surface area (Å²) in [5, 5.41) is 12.1. The van der Waals surface area contributed by atoms with E-state index in [-0.39, 0.29) is 11.7 Å². The quantitative estimate of drug-likeness (QED) is 0.407. The highest BCUT2D eigenvalue weighted by atomic mass is 16.3. The second-order valence-corrected chi connectivity index (χ2v) is 3.12. The van der Waals surface area contributed by atoms with E-state index in [1.165, 1.54) is 6.07 Å². The van der Waals surface area contributed by atoms with Gasteiger partial charge in [-0.3, -0.25) is 4.79 Å². The van der Waals surface area contributed by atoms with E-state index in [1.807, 2.05) is 0 Å². The van der Waals surface area contributed by atoms with Crippen LogP contribution in [0, 0.1) is 0 Å². The standard InChI is InChI=1S/C9H10N2O2/c10-6-3-5-1-2-8(13)11-9(5)7(12)4-6/h3-4,12H,1-2,10H2,(H,11,13). The van der Waals surface area contributed by atoms with Gasteiger partial charge in [0.15, 0.2) is 0 Å². The van der Waals surface area contributed by atoms with Gasteiger partial charge in [0, 0.05) is 18.2 Å². The molecule has 0 saturated carbocycles. The molecule has 2 rings (SSSR count). The molecule has 68 valence electrons. The Morgan fingerprint density at radius 1 is 1.38 bits per heavy atom. The molecule has 0 radical (unpaired) electrons. The van der Waals surface area contributed by atoms with Crippen molar-refractivity contribution in [1.29, 1.82) is 0 Å². The number of carbonyl (C=O) groups is 1. The van der Waals surface area contributed by atoms with Crippen molar-refractivity contribution in [1.82, 2.24) is 0 Å². The van der Waals surface area contributed by atoms with Gasteiger partial charge < -0.3 is 16.2 Å². The topological polar surface area (TPSA) is 75.3 Å². The zero-order chi connectivity index (χ0) is 9.42. The van der Waals surface area contributed by atoms with Crippen LogP contribution in [-0.4, -0.2) is 11.0 Å². The van der Waals surface area contributed by atoms with Crippen molar-refractivity contribution < 1.29 is 9.90 Å². The van der Waals surface area contributed by atoms with E-state index in [1.54, 1.807) is 6.07 Å². The van der Waals surface area contributed by atoms with Crippen LogP contribution in [0.2, 0.25) is 0 Å². The number of phenolic OH excluding ortho intramolecular Hbond substituents is 1. The maximum Gasteiger partial charge on any atom is 0.224 e. The van der Waals surface area contributed by atoms with Gasteiger partial charge in [-0.2, -0.15) is 0 Å². The van der Waals surface area contributed by atoms with Crippen molar-refractivity contribution in [2.45, 2.75) is 12.8 Å². The molecule has 4 N–H and O–H groups in total. The summed E-state index contributed by atoms with van der Waals surface area (Å²) in [4.78, 5) is 11.0. The third-order valence-electron chi connectivity index (χ3n) is 2.11. The van der Waals surface area contributed by atoms with Gasteiger partial charge in [0.05, 0.1) is 5.69 Å². The lowest BCUT2D eigenvalue weighted by molar-refractivity contribution is -0.116. The molecule has 4 heteroatoms. The smallest absolute Gasteiger partial charge is 0.224 e. The molecule has 0 atom stereocenters. The maximum absolute atomic E-state index is 11.0. The predicted molar refractivity (Wildman–Crippen MR) is 49.5 cm³/mol. The fourth-order valence-electron chi connectivity index (χ4n) is 1.50. The van der Waals surface area contributed by atoms with Crippen LogP contribution in [-0.2, 0) is 11.2 Å². The normalized spacial score (nSPS) is 14.9. The first-order chi connectivity index (χ1) is 6.16. The van der Waals surface area contributed by atoms with Gasteiger partial charge in [0.2, 0.25) is 5.91 Å². The summed E-state index contributed by atoms with van der Waals surface area (Å²) in [6.07, 6.45) is 1.09. The number of benzene rings is 1. The van der Waals surface area contributed by atoms with Crippen molar-refractivity contribution in [3.8, 4) is 5.75 Å². The number of aromatic hydroxyl groups is 1. The molecule has 0 unspecified atom stereocenters. The lowest BCUT2D eigenvalue weighted by Gasteiger charge is -2.18. The Balaban J connectivity index is 2.53. The van der Waals surface area contributed by atoms with E-state index in [9.17, 15) is 9.90 Å². The second-order valence-electron chi connectivity index (χ2n) is 3.12. The number of phenols is 1. The molecule has 1 aromatic carbocycles. The fraction of sp³-hybridized carbons (Fsp3) is 0.222. The summed E-state index contributed by atoms with van der Waals surface area (Å²) in [7, 11) is 0. The molecule has 0 spiro atoms. The van der Waals surface area contributed by atoms with E-state index in [4.69, 9.17) is 5.73 Å². The summed E-state index contributed by atoms with van der Waals surface area (Å²) in [6, 6.07) is 3.21. The van der Waals surface area contributed by atoms with Gasteiger partial charge in [0.1, 0.15) is 5.75 Å². The van der Waals surface area contributed by atoms with Gasteiger partial charge in [-0.15, -0.1) is 0 Å². The summed E-state index contributed by atoms with van der Waals surface area (Å²) in [5.41, 5.74) is 7.47. The molecule has 1 heterocycles. The molecule has 1 aliphatic heterocycles. The molecule has 0 aliphatic carbocycles. The Kier molecular flexibility index (Phi) is 1.62. The third kappa shape index (κ3) is 1.30. The Bertz CT molecular complexity index is 374. The average molecular weight is 178 g/mol. The Morgan fingerprint density at radius 3 is 2.92 bits per heavy atom. The first-order valence-electron chi connectivity index (χ1n) is 4.08. The van der Waals surface area contributed by atoms with Gasteiger partial charge in [-0.25, -0.2) is 0 Å². The number of rotatable bonds is 0. The van der Waals surface area contributed by atoms with Crippen LogP contribution >= 0.6 is 0 Å². The van der Waals surface area contributed by atoms with Crippen LogP contribution in [0.25, 0.3) is 0 Å². The molecule has 0 saturated heterocycles. The number of hydrogen-bond acceptors (Lipinski definition) is 3. The Hall–Kier alpha value is -1.71. The maximum atomic E-state index is 11.0. The zero-order valence-corrected chi connectivity index (χ0v) is 7.00. The van der Waals surface area contributed by atoms with Crippen LogP contribution in [0.5, 0.6) is 5.75 Å². The number of fused-ring (bicyclic) bond motifs is 1. The number of anilines is 2. The molecule has 13 heavy (non-hydrogen) atoms. The lowest BCUT2D eigenvalue weighted by Crippen LogP contribution is -2.19. The number of nitrogen functional groups attached to an aromatic ring is 1. The summed E-state index contributed by atoms with van der Waals surface area (Å²) in [5.74, 6) is -0.0179. The predicted octanol–water partition coefficient (Wildman–Crippen LogP) is 0.859. The van der Waals surface area contributed by atoms with Gasteiger partial charge in [-0.05, 0) is 18.1 Å². The highest BCUT2D eigenvalue weighted by Crippen LogP contribution is 2.33. The van der Waals surface area contributed by atoms with Crippen LogP contribution in [0.4, 0.5) is 11.4 Å². The minimum absolute atomic E-state index is 0.0445. The van der Waals surface area contributed by atoms with Crippen molar-refractivity contribution >= 4 is 17.3 Å². The molecule has 4 nitrogen and oxygen atoms in total. The summed E-state index contributed by atoms with van der Waals surface area (Å²) < 4.78 is 0. The molecule has 1 amide bonds. The van der Waals surface area contributed by atoms with Crippen molar-refractivity contribution in [3.63, 3.8) is 0 Å². The first kappa shape index (κ1) is 7.91. The number of hydrogen-bond donors (Lipinski definition) is 3. The number of aryl methyl sites for hydroxylation is 1. The van der Waals surface area contributed by atoms with E-state index >= 15 is 0 Å². The average Bonchev–Trinajstić information content (AvgIpc) is 2.06. The molecular weight excluding hydrogens is 168 g/mol. The van der Waals surface area contributed by atoms with E-state index in [2.05, 4.69) is 5.32 Å². The zero-order valence-electron chi connectivity index (χ0n) is 7.00. The van der Waals surface area contributed by atoms with Crippen molar-refractivity contribution in [2.24, 2.45) is 0 Å². The second kappa shape index (κ2) is 2.65.